The van der Waals surface area contributed by atoms with Gasteiger partial charge in [-0.05, 0) is 22.3 Å². The molecule has 0 aromatic heterocycles. The average Bonchev–Trinajstić information content (AvgIpc) is 3.04. The zero-order valence-electron chi connectivity index (χ0n) is 22.9. The third-order valence-electron chi connectivity index (χ3n) is 6.90. The standard InChI is InChI=1S/C35H35ClO5/c36-21-31-33(38-23-28-15-7-2-8-16-28)35(40-25-30-19-11-4-12-20-30)34(39-24-29-17-9-3-10-18-29)32(41-31)26-37-22-27-13-5-1-6-14-27/h1-21,32-35H,22-26H2/b31-21-/t32-,33+,34-,35-/m1/s1. The minimum Gasteiger partial charge on any atom is -0.486 e. The highest BCUT2D eigenvalue weighted by Gasteiger charge is 2.46. The Morgan fingerprint density at radius 1 is 0.537 bits per heavy atom. The molecule has 0 bridgehead atoms. The molecule has 0 N–H and O–H groups in total. The van der Waals surface area contributed by atoms with Crippen LogP contribution in [-0.4, -0.2) is 31.0 Å². The van der Waals surface area contributed by atoms with E-state index in [1.807, 2.05) is 121 Å². The highest BCUT2D eigenvalue weighted by atomic mass is 35.5. The highest BCUT2D eigenvalue weighted by molar-refractivity contribution is 6.25. The first-order chi connectivity index (χ1) is 20.3. The van der Waals surface area contributed by atoms with E-state index in [1.54, 1.807) is 0 Å². The Kier molecular flexibility index (Phi) is 11.0. The maximum absolute atomic E-state index is 6.61. The molecule has 1 heterocycles. The molecule has 4 aromatic carbocycles. The quantitative estimate of drug-likeness (QED) is 0.167. The number of benzene rings is 4. The zero-order valence-corrected chi connectivity index (χ0v) is 23.6. The molecule has 212 valence electrons. The van der Waals surface area contributed by atoms with Gasteiger partial charge in [0.2, 0.25) is 0 Å². The third kappa shape index (κ3) is 8.52. The van der Waals surface area contributed by atoms with Crippen molar-refractivity contribution in [3.63, 3.8) is 0 Å². The zero-order chi connectivity index (χ0) is 28.1. The second-order valence-corrected chi connectivity index (χ2v) is 10.1. The fourth-order valence-corrected chi connectivity index (χ4v) is 4.97. The summed E-state index contributed by atoms with van der Waals surface area (Å²) >= 11 is 6.35. The first kappa shape index (κ1) is 29.1. The maximum atomic E-state index is 6.61. The van der Waals surface area contributed by atoms with E-state index in [0.29, 0.717) is 38.8 Å². The second-order valence-electron chi connectivity index (χ2n) is 9.91. The van der Waals surface area contributed by atoms with E-state index in [0.717, 1.165) is 22.3 Å². The normalized spacial score (nSPS) is 21.4. The Bertz CT molecular complexity index is 1320. The van der Waals surface area contributed by atoms with Crippen molar-refractivity contribution in [2.24, 2.45) is 0 Å². The van der Waals surface area contributed by atoms with Crippen LogP contribution in [0.5, 0.6) is 0 Å². The lowest BCUT2D eigenvalue weighted by molar-refractivity contribution is -0.223. The average molecular weight is 571 g/mol. The van der Waals surface area contributed by atoms with E-state index in [1.165, 1.54) is 5.54 Å². The lowest BCUT2D eigenvalue weighted by Crippen LogP contribution is -2.56. The smallest absolute Gasteiger partial charge is 0.150 e. The Morgan fingerprint density at radius 3 is 1.41 bits per heavy atom. The van der Waals surface area contributed by atoms with Crippen LogP contribution in [-0.2, 0) is 50.1 Å². The van der Waals surface area contributed by atoms with Crippen molar-refractivity contribution in [2.75, 3.05) is 6.61 Å². The Balaban J connectivity index is 1.39. The highest BCUT2D eigenvalue weighted by Crippen LogP contribution is 2.33. The molecule has 0 radical (unpaired) electrons. The van der Waals surface area contributed by atoms with Crippen LogP contribution < -0.4 is 0 Å². The van der Waals surface area contributed by atoms with Gasteiger partial charge in [0.15, 0.2) is 6.10 Å². The number of ether oxygens (including phenoxy) is 5. The molecule has 1 fully saturated rings. The van der Waals surface area contributed by atoms with E-state index in [-0.39, 0.29) is 0 Å². The lowest BCUT2D eigenvalue weighted by Gasteiger charge is -2.43. The molecule has 6 heteroatoms. The monoisotopic (exact) mass is 570 g/mol. The van der Waals surface area contributed by atoms with E-state index in [4.69, 9.17) is 35.3 Å². The van der Waals surface area contributed by atoms with Crippen molar-refractivity contribution in [2.45, 2.75) is 50.8 Å². The number of halogens is 1. The SMILES string of the molecule is Cl/C=C1\O[C@H](COCc2ccccc2)[C@@H](OCc2ccccc2)[C@H](OCc2ccccc2)[C@H]1OCc1ccccc1. The van der Waals surface area contributed by atoms with Gasteiger partial charge in [0.05, 0.1) is 33.0 Å². The van der Waals surface area contributed by atoms with Crippen molar-refractivity contribution in [1.82, 2.24) is 0 Å². The van der Waals surface area contributed by atoms with Crippen LogP contribution in [0.3, 0.4) is 0 Å². The fraction of sp³-hybridized carbons (Fsp3) is 0.257. The lowest BCUT2D eigenvalue weighted by atomic mass is 9.97. The second kappa shape index (κ2) is 15.5. The maximum Gasteiger partial charge on any atom is 0.150 e. The molecule has 0 spiro atoms. The molecule has 1 aliphatic heterocycles. The Hall–Kier alpha value is -3.45. The van der Waals surface area contributed by atoms with Crippen molar-refractivity contribution in [3.8, 4) is 0 Å². The number of hydrogen-bond donors (Lipinski definition) is 0. The first-order valence-electron chi connectivity index (χ1n) is 13.9. The minimum absolute atomic E-state index is 0.291. The molecule has 5 rings (SSSR count). The summed E-state index contributed by atoms with van der Waals surface area (Å²) in [7, 11) is 0. The van der Waals surface area contributed by atoms with Crippen molar-refractivity contribution >= 4 is 11.6 Å². The van der Waals surface area contributed by atoms with Crippen LogP contribution in [0.15, 0.2) is 133 Å². The van der Waals surface area contributed by atoms with Gasteiger partial charge in [-0.2, -0.15) is 0 Å². The van der Waals surface area contributed by atoms with Crippen molar-refractivity contribution in [3.05, 3.63) is 155 Å². The van der Waals surface area contributed by atoms with Gasteiger partial charge >= 0.3 is 0 Å². The topological polar surface area (TPSA) is 46.2 Å². The molecule has 4 atom stereocenters. The van der Waals surface area contributed by atoms with Gasteiger partial charge in [-0.25, -0.2) is 0 Å². The van der Waals surface area contributed by atoms with Crippen LogP contribution in [0.4, 0.5) is 0 Å². The molecule has 0 saturated carbocycles. The van der Waals surface area contributed by atoms with E-state index < -0.39 is 24.4 Å². The molecule has 4 aromatic rings. The van der Waals surface area contributed by atoms with Gasteiger partial charge in [-0.3, -0.25) is 0 Å². The van der Waals surface area contributed by atoms with Gasteiger partial charge in [-0.15, -0.1) is 0 Å². The summed E-state index contributed by atoms with van der Waals surface area (Å²) in [5.74, 6) is 0.494. The molecule has 0 aliphatic carbocycles. The Morgan fingerprint density at radius 2 is 0.951 bits per heavy atom. The molecule has 1 saturated heterocycles. The van der Waals surface area contributed by atoms with E-state index in [9.17, 15) is 0 Å². The summed E-state index contributed by atoms with van der Waals surface area (Å²) in [5.41, 5.74) is 5.67. The van der Waals surface area contributed by atoms with E-state index >= 15 is 0 Å². The van der Waals surface area contributed by atoms with Crippen LogP contribution in [0.25, 0.3) is 0 Å². The molecule has 5 nitrogen and oxygen atoms in total. The summed E-state index contributed by atoms with van der Waals surface area (Å²) in [6, 6.07) is 40.2. The van der Waals surface area contributed by atoms with Crippen molar-refractivity contribution in [1.29, 1.82) is 0 Å². The molecule has 1 aliphatic rings. The Labute approximate surface area is 247 Å². The third-order valence-corrected chi connectivity index (χ3v) is 7.12. The number of rotatable bonds is 13. The first-order valence-corrected chi connectivity index (χ1v) is 14.3. The summed E-state index contributed by atoms with van der Waals surface area (Å²) in [5, 5.41) is 0. The molecule has 0 amide bonds. The van der Waals surface area contributed by atoms with Crippen LogP contribution in [0, 0.1) is 0 Å². The minimum atomic E-state index is -0.581. The van der Waals surface area contributed by atoms with Crippen LogP contribution >= 0.6 is 11.6 Å². The van der Waals surface area contributed by atoms with Gasteiger partial charge in [-0.1, -0.05) is 133 Å². The fourth-order valence-electron chi connectivity index (χ4n) is 4.79. The predicted molar refractivity (Wildman–Crippen MR) is 160 cm³/mol. The van der Waals surface area contributed by atoms with Crippen LogP contribution in [0.2, 0.25) is 0 Å². The van der Waals surface area contributed by atoms with Gasteiger partial charge in [0.25, 0.3) is 0 Å². The van der Waals surface area contributed by atoms with Gasteiger partial charge in [0, 0.05) is 5.54 Å². The van der Waals surface area contributed by atoms with Gasteiger partial charge in [0.1, 0.15) is 24.1 Å². The molecular formula is C35H35ClO5. The summed E-state index contributed by atoms with van der Waals surface area (Å²) in [6.45, 7) is 1.89. The van der Waals surface area contributed by atoms with E-state index in [2.05, 4.69) is 0 Å². The summed E-state index contributed by atoms with van der Waals surface area (Å²) in [6.07, 6.45) is -2.05. The molecular weight excluding hydrogens is 536 g/mol. The molecule has 41 heavy (non-hydrogen) atoms. The molecule has 0 unspecified atom stereocenters. The summed E-state index contributed by atoms with van der Waals surface area (Å²) in [4.78, 5) is 0. The summed E-state index contributed by atoms with van der Waals surface area (Å²) < 4.78 is 32.2. The number of hydrogen-bond acceptors (Lipinski definition) is 5. The van der Waals surface area contributed by atoms with Gasteiger partial charge < -0.3 is 23.7 Å². The van der Waals surface area contributed by atoms with Crippen molar-refractivity contribution < 1.29 is 23.7 Å². The predicted octanol–water partition coefficient (Wildman–Crippen LogP) is 7.44. The largest absolute Gasteiger partial charge is 0.486 e. The van der Waals surface area contributed by atoms with Crippen LogP contribution in [0.1, 0.15) is 22.3 Å².